The molecule has 0 unspecified atom stereocenters. The minimum atomic E-state index is 0.252. The lowest BCUT2D eigenvalue weighted by Gasteiger charge is -2.12. The molecule has 1 saturated heterocycles. The van der Waals surface area contributed by atoms with Gasteiger partial charge in [0.25, 0.3) is 0 Å². The molecule has 0 amide bonds. The van der Waals surface area contributed by atoms with E-state index in [1.807, 2.05) is 31.2 Å². The lowest BCUT2D eigenvalue weighted by molar-refractivity contribution is 0.114. The molecule has 25 heavy (non-hydrogen) atoms. The maximum absolute atomic E-state index is 5.56. The number of rotatable bonds is 5. The van der Waals surface area contributed by atoms with Gasteiger partial charge in [0.2, 0.25) is 0 Å². The van der Waals surface area contributed by atoms with Crippen LogP contribution in [0.4, 0.5) is 0 Å². The number of ether oxygens (including phenoxy) is 2. The molecule has 0 spiro atoms. The van der Waals surface area contributed by atoms with Crippen molar-refractivity contribution < 1.29 is 9.47 Å². The molecule has 1 atom stereocenters. The second-order valence-corrected chi connectivity index (χ2v) is 6.49. The molecule has 0 bridgehead atoms. The lowest BCUT2D eigenvalue weighted by Crippen LogP contribution is -2.37. The summed E-state index contributed by atoms with van der Waals surface area (Å²) < 4.78 is 10.8. The quantitative estimate of drug-likeness (QED) is 0.489. The fraction of sp³-hybridized carbons (Fsp3) is 0.368. The van der Waals surface area contributed by atoms with Gasteiger partial charge < -0.3 is 14.8 Å². The summed E-state index contributed by atoms with van der Waals surface area (Å²) in [6.07, 6.45) is 2.46. The van der Waals surface area contributed by atoms with Gasteiger partial charge in [0.1, 0.15) is 5.75 Å². The highest BCUT2D eigenvalue weighted by Crippen LogP contribution is 2.22. The highest BCUT2D eigenvalue weighted by molar-refractivity contribution is 7.80. The molecule has 1 fully saturated rings. The predicted molar refractivity (Wildman–Crippen MR) is 105 cm³/mol. The summed E-state index contributed by atoms with van der Waals surface area (Å²) in [6.45, 7) is 3.52. The van der Waals surface area contributed by atoms with E-state index in [-0.39, 0.29) is 6.10 Å². The van der Waals surface area contributed by atoms with Crippen molar-refractivity contribution in [1.82, 2.24) is 10.7 Å². The number of benzene rings is 2. The molecule has 2 N–H and O–H groups in total. The third-order valence-corrected chi connectivity index (χ3v) is 4.54. The van der Waals surface area contributed by atoms with E-state index >= 15 is 0 Å². The van der Waals surface area contributed by atoms with E-state index in [9.17, 15) is 0 Å². The number of fused-ring (bicyclic) bond motifs is 1. The molecule has 0 aliphatic carbocycles. The third-order valence-electron chi connectivity index (χ3n) is 4.30. The molecule has 132 valence electrons. The molecule has 1 aliphatic rings. The summed E-state index contributed by atoms with van der Waals surface area (Å²) in [5, 5.41) is 10.3. The van der Waals surface area contributed by atoms with Crippen molar-refractivity contribution in [2.24, 2.45) is 5.10 Å². The molecule has 5 nitrogen and oxygen atoms in total. The Kier molecular flexibility index (Phi) is 5.83. The van der Waals surface area contributed by atoms with Crippen LogP contribution >= 0.6 is 12.2 Å². The Morgan fingerprint density at radius 2 is 2.08 bits per heavy atom. The summed E-state index contributed by atoms with van der Waals surface area (Å²) in [6, 6.07) is 12.3. The van der Waals surface area contributed by atoms with Gasteiger partial charge >= 0.3 is 0 Å². The number of methoxy groups -OCH3 is 1. The molecule has 3 rings (SSSR count). The van der Waals surface area contributed by atoms with E-state index in [2.05, 4.69) is 28.0 Å². The van der Waals surface area contributed by atoms with Crippen LogP contribution < -0.4 is 15.5 Å². The number of nitrogens with one attached hydrogen (secondary N) is 2. The Hall–Kier alpha value is -2.18. The minimum absolute atomic E-state index is 0.252. The van der Waals surface area contributed by atoms with Gasteiger partial charge in [0.05, 0.1) is 18.9 Å². The number of nitrogens with zero attached hydrogens (tertiary/aromatic N) is 1. The number of hydrazone groups is 1. The molecule has 1 heterocycles. The summed E-state index contributed by atoms with van der Waals surface area (Å²) in [4.78, 5) is 0. The highest BCUT2D eigenvalue weighted by atomic mass is 32.1. The highest BCUT2D eigenvalue weighted by Gasteiger charge is 2.15. The topological polar surface area (TPSA) is 54.9 Å². The Labute approximate surface area is 153 Å². The number of hydrogen-bond donors (Lipinski definition) is 2. The van der Waals surface area contributed by atoms with E-state index in [0.717, 1.165) is 53.8 Å². The first kappa shape index (κ1) is 17.6. The van der Waals surface area contributed by atoms with Crippen LogP contribution in [0.25, 0.3) is 10.8 Å². The fourth-order valence-electron chi connectivity index (χ4n) is 2.83. The molecule has 2 aromatic carbocycles. The first-order chi connectivity index (χ1) is 12.2. The molecule has 0 radical (unpaired) electrons. The Bertz CT molecular complexity index is 785. The average Bonchev–Trinajstić information content (AvgIpc) is 3.17. The Morgan fingerprint density at radius 1 is 1.28 bits per heavy atom. The Morgan fingerprint density at radius 3 is 2.84 bits per heavy atom. The largest absolute Gasteiger partial charge is 0.497 e. The molecule has 0 saturated carbocycles. The molecular weight excluding hydrogens is 334 g/mol. The average molecular weight is 357 g/mol. The summed E-state index contributed by atoms with van der Waals surface area (Å²) in [5.74, 6) is 0.856. The molecule has 0 aromatic heterocycles. The standard InChI is InChI=1S/C19H23N3O2S/c1-13(21-22-19(25)20-12-18-4-3-9-24-18)14-5-6-16-11-17(23-2)8-7-15(16)10-14/h5-8,10-11,18H,3-4,9,12H2,1-2H3,(H2,20,22,25)/b21-13-/t18-/m0/s1. The van der Waals surface area contributed by atoms with Crippen molar-refractivity contribution in [3.63, 3.8) is 0 Å². The van der Waals surface area contributed by atoms with E-state index < -0.39 is 0 Å². The van der Waals surface area contributed by atoms with Gasteiger partial charge in [-0.3, -0.25) is 5.43 Å². The maximum atomic E-state index is 5.56. The van der Waals surface area contributed by atoms with Crippen LogP contribution in [0.15, 0.2) is 41.5 Å². The van der Waals surface area contributed by atoms with Gasteiger partial charge in [0.15, 0.2) is 5.11 Å². The maximum Gasteiger partial charge on any atom is 0.187 e. The van der Waals surface area contributed by atoms with Crippen LogP contribution in [0.3, 0.4) is 0 Å². The van der Waals surface area contributed by atoms with Crippen LogP contribution in [0.1, 0.15) is 25.3 Å². The zero-order valence-electron chi connectivity index (χ0n) is 14.5. The fourth-order valence-corrected chi connectivity index (χ4v) is 2.96. The first-order valence-electron chi connectivity index (χ1n) is 8.43. The SMILES string of the molecule is COc1ccc2cc(/C(C)=N\NC(=S)NC[C@@H]3CCCO3)ccc2c1. The van der Waals surface area contributed by atoms with Crippen molar-refractivity contribution in [3.8, 4) is 5.75 Å². The molecule has 2 aromatic rings. The molecule has 1 aliphatic heterocycles. The third kappa shape index (κ3) is 4.67. The van der Waals surface area contributed by atoms with Gasteiger partial charge in [0, 0.05) is 13.2 Å². The summed E-state index contributed by atoms with van der Waals surface area (Å²) in [7, 11) is 1.67. The number of thiocarbonyl (C=S) groups is 1. The van der Waals surface area contributed by atoms with Gasteiger partial charge in [-0.25, -0.2) is 0 Å². The number of hydrogen-bond acceptors (Lipinski definition) is 4. The van der Waals surface area contributed by atoms with Crippen molar-refractivity contribution in [3.05, 3.63) is 42.0 Å². The Balaban J connectivity index is 1.61. The predicted octanol–water partition coefficient (Wildman–Crippen LogP) is 3.22. The second-order valence-electron chi connectivity index (χ2n) is 6.08. The van der Waals surface area contributed by atoms with Crippen LogP contribution in [0, 0.1) is 0 Å². The smallest absolute Gasteiger partial charge is 0.187 e. The van der Waals surface area contributed by atoms with Gasteiger partial charge in [-0.05, 0) is 66.5 Å². The monoisotopic (exact) mass is 357 g/mol. The summed E-state index contributed by atoms with van der Waals surface area (Å²) in [5.41, 5.74) is 4.83. The normalized spacial score (nSPS) is 17.5. The lowest BCUT2D eigenvalue weighted by atomic mass is 10.0. The minimum Gasteiger partial charge on any atom is -0.497 e. The molecular formula is C19H23N3O2S. The van der Waals surface area contributed by atoms with Crippen LogP contribution in [-0.4, -0.2) is 37.2 Å². The van der Waals surface area contributed by atoms with Crippen LogP contribution in [-0.2, 0) is 4.74 Å². The van der Waals surface area contributed by atoms with Crippen LogP contribution in [0.2, 0.25) is 0 Å². The second kappa shape index (κ2) is 8.27. The van der Waals surface area contributed by atoms with Crippen molar-refractivity contribution in [1.29, 1.82) is 0 Å². The first-order valence-corrected chi connectivity index (χ1v) is 8.84. The van der Waals surface area contributed by atoms with E-state index in [4.69, 9.17) is 21.7 Å². The van der Waals surface area contributed by atoms with Gasteiger partial charge in [-0.15, -0.1) is 0 Å². The van der Waals surface area contributed by atoms with Crippen molar-refractivity contribution in [2.45, 2.75) is 25.9 Å². The summed E-state index contributed by atoms with van der Waals surface area (Å²) >= 11 is 5.26. The van der Waals surface area contributed by atoms with Crippen molar-refractivity contribution in [2.75, 3.05) is 20.3 Å². The van der Waals surface area contributed by atoms with E-state index in [0.29, 0.717) is 5.11 Å². The zero-order chi connectivity index (χ0) is 17.6. The van der Waals surface area contributed by atoms with Gasteiger partial charge in [-0.1, -0.05) is 18.2 Å². The van der Waals surface area contributed by atoms with Crippen molar-refractivity contribution >= 4 is 33.8 Å². The zero-order valence-corrected chi connectivity index (χ0v) is 15.4. The van der Waals surface area contributed by atoms with E-state index in [1.54, 1.807) is 7.11 Å². The van der Waals surface area contributed by atoms with Crippen LogP contribution in [0.5, 0.6) is 5.75 Å². The molecule has 6 heteroatoms. The van der Waals surface area contributed by atoms with Gasteiger partial charge in [-0.2, -0.15) is 5.10 Å². The van der Waals surface area contributed by atoms with E-state index in [1.165, 1.54) is 0 Å².